The molecule has 1 saturated heterocycles. The zero-order chi connectivity index (χ0) is 23.4. The second kappa shape index (κ2) is 8.14. The number of carbonyl (C=O) groups is 3. The fourth-order valence-corrected chi connectivity index (χ4v) is 8.23. The molecule has 4 fully saturated rings. The number of amides is 2. The normalized spacial score (nSPS) is 39.5. The van der Waals surface area contributed by atoms with Crippen molar-refractivity contribution < 1.29 is 19.1 Å². The Kier molecular flexibility index (Phi) is 5.53. The van der Waals surface area contributed by atoms with Gasteiger partial charge in [0, 0.05) is 18.4 Å². The number of nitrogens with one attached hydrogen (secondary N) is 2. The Balaban J connectivity index is 1.35. The van der Waals surface area contributed by atoms with E-state index in [1.807, 2.05) is 6.07 Å². The zero-order valence-corrected chi connectivity index (χ0v) is 20.0. The summed E-state index contributed by atoms with van der Waals surface area (Å²) in [6.07, 6.45) is 7.99. The zero-order valence-electron chi connectivity index (χ0n) is 20.0. The molecule has 5 rings (SSSR count). The highest BCUT2D eigenvalue weighted by Crippen LogP contribution is 2.65. The van der Waals surface area contributed by atoms with Crippen molar-refractivity contribution in [2.24, 2.45) is 34.5 Å². The second-order valence-electron chi connectivity index (χ2n) is 11.3. The number of anilines is 1. The first-order valence-corrected chi connectivity index (χ1v) is 12.6. The largest absolute Gasteiger partial charge is 0.465 e. The third-order valence-corrected chi connectivity index (χ3v) is 10.0. The highest BCUT2D eigenvalue weighted by atomic mass is 16.5. The van der Waals surface area contributed by atoms with Crippen molar-refractivity contribution in [2.75, 3.05) is 12.4 Å². The van der Waals surface area contributed by atoms with Gasteiger partial charge >= 0.3 is 5.97 Å². The highest BCUT2D eigenvalue weighted by molar-refractivity contribution is 6.02. The number of piperidine rings is 1. The van der Waals surface area contributed by atoms with Crippen LogP contribution in [0.1, 0.15) is 75.6 Å². The molecule has 178 valence electrons. The molecule has 2 amide bonds. The maximum Gasteiger partial charge on any atom is 0.339 e. The van der Waals surface area contributed by atoms with Crippen molar-refractivity contribution in [1.82, 2.24) is 5.32 Å². The van der Waals surface area contributed by atoms with E-state index in [9.17, 15) is 14.4 Å². The standard InChI is InChI=1S/C27H36N2O4/c1-26-14-12-19-16(8-11-22-27(19,2)15-13-23(30)29-22)18(26)9-10-20(26)24(31)28-21-7-5-4-6-17(21)25(32)33-3/h4-7,16,18-20,22H,8-15H2,1-3H3,(H,28,31)(H,29,30)/t16-,18-,19+,20?,22?,26-,27+/m0/s1. The van der Waals surface area contributed by atoms with Crippen molar-refractivity contribution in [1.29, 1.82) is 0 Å². The number of hydrogen-bond acceptors (Lipinski definition) is 4. The van der Waals surface area contributed by atoms with E-state index in [1.54, 1.807) is 18.2 Å². The molecule has 0 spiro atoms. The Labute approximate surface area is 196 Å². The van der Waals surface area contributed by atoms with Crippen LogP contribution in [-0.4, -0.2) is 30.9 Å². The molecule has 4 aliphatic rings. The quantitative estimate of drug-likeness (QED) is 0.659. The lowest BCUT2D eigenvalue weighted by Gasteiger charge is -2.60. The maximum atomic E-state index is 13.5. The minimum absolute atomic E-state index is 0.0213. The van der Waals surface area contributed by atoms with Crippen LogP contribution < -0.4 is 10.6 Å². The smallest absolute Gasteiger partial charge is 0.339 e. The predicted molar refractivity (Wildman–Crippen MR) is 125 cm³/mol. The Morgan fingerprint density at radius 2 is 1.76 bits per heavy atom. The number of esters is 1. The average molecular weight is 453 g/mol. The number of benzene rings is 1. The van der Waals surface area contributed by atoms with Crippen LogP contribution in [0.2, 0.25) is 0 Å². The Morgan fingerprint density at radius 3 is 2.55 bits per heavy atom. The third-order valence-electron chi connectivity index (χ3n) is 10.0. The molecule has 6 nitrogen and oxygen atoms in total. The summed E-state index contributed by atoms with van der Waals surface area (Å²) in [5, 5.41) is 6.36. The molecule has 1 heterocycles. The van der Waals surface area contributed by atoms with Crippen molar-refractivity contribution >= 4 is 23.5 Å². The fraction of sp³-hybridized carbons (Fsp3) is 0.667. The Morgan fingerprint density at radius 1 is 1.00 bits per heavy atom. The molecule has 2 unspecified atom stereocenters. The molecule has 3 saturated carbocycles. The van der Waals surface area contributed by atoms with Gasteiger partial charge in [0.05, 0.1) is 18.4 Å². The van der Waals surface area contributed by atoms with Crippen molar-refractivity contribution in [2.45, 2.75) is 71.3 Å². The summed E-state index contributed by atoms with van der Waals surface area (Å²) < 4.78 is 4.89. The van der Waals surface area contributed by atoms with Gasteiger partial charge in [-0.15, -0.1) is 0 Å². The highest BCUT2D eigenvalue weighted by Gasteiger charge is 2.61. The summed E-state index contributed by atoms with van der Waals surface area (Å²) >= 11 is 0. The lowest BCUT2D eigenvalue weighted by Crippen LogP contribution is -2.61. The molecular formula is C27H36N2O4. The summed E-state index contributed by atoms with van der Waals surface area (Å²) in [6, 6.07) is 7.37. The van der Waals surface area contributed by atoms with E-state index in [0.29, 0.717) is 41.5 Å². The van der Waals surface area contributed by atoms with Gasteiger partial charge in [-0.2, -0.15) is 0 Å². The molecule has 0 bridgehead atoms. The van der Waals surface area contributed by atoms with Crippen LogP contribution >= 0.6 is 0 Å². The fourth-order valence-electron chi connectivity index (χ4n) is 8.23. The molecular weight excluding hydrogens is 416 g/mol. The number of ether oxygens (including phenoxy) is 1. The van der Waals surface area contributed by atoms with Gasteiger partial charge in [0.1, 0.15) is 0 Å². The molecule has 1 aromatic carbocycles. The average Bonchev–Trinajstić information content (AvgIpc) is 3.16. The summed E-state index contributed by atoms with van der Waals surface area (Å²) in [6.45, 7) is 4.73. The van der Waals surface area contributed by atoms with Crippen LogP contribution in [0, 0.1) is 34.5 Å². The van der Waals surface area contributed by atoms with E-state index in [2.05, 4.69) is 24.5 Å². The van der Waals surface area contributed by atoms with Crippen molar-refractivity contribution in [3.05, 3.63) is 29.8 Å². The van der Waals surface area contributed by atoms with Crippen molar-refractivity contribution in [3.63, 3.8) is 0 Å². The number of rotatable bonds is 3. The molecule has 2 N–H and O–H groups in total. The molecule has 6 heteroatoms. The molecule has 1 aromatic rings. The van der Waals surface area contributed by atoms with Crippen LogP contribution in [0.15, 0.2) is 24.3 Å². The van der Waals surface area contributed by atoms with Crippen LogP contribution in [-0.2, 0) is 14.3 Å². The van der Waals surface area contributed by atoms with Gasteiger partial charge in [0.2, 0.25) is 11.8 Å². The number of fused-ring (bicyclic) bond motifs is 5. The lowest BCUT2D eigenvalue weighted by atomic mass is 9.47. The van der Waals surface area contributed by atoms with E-state index < -0.39 is 5.97 Å². The second-order valence-corrected chi connectivity index (χ2v) is 11.3. The van der Waals surface area contributed by atoms with E-state index in [1.165, 1.54) is 7.11 Å². The predicted octanol–water partition coefficient (Wildman–Crippen LogP) is 4.55. The number of hydrogen-bond donors (Lipinski definition) is 2. The first-order chi connectivity index (χ1) is 15.8. The molecule has 33 heavy (non-hydrogen) atoms. The maximum absolute atomic E-state index is 13.5. The van der Waals surface area contributed by atoms with E-state index in [4.69, 9.17) is 4.74 Å². The van der Waals surface area contributed by atoms with Crippen LogP contribution in [0.3, 0.4) is 0 Å². The SMILES string of the molecule is COC(=O)c1ccccc1NC(=O)C1CC[C@H]2[C@@H]3CCC4NC(=O)CC[C@]4(C)[C@@H]3CC[C@]12C. The molecule has 3 aliphatic carbocycles. The Bertz CT molecular complexity index is 977. The summed E-state index contributed by atoms with van der Waals surface area (Å²) in [4.78, 5) is 37.7. The molecule has 0 aromatic heterocycles. The van der Waals surface area contributed by atoms with E-state index in [0.717, 1.165) is 44.9 Å². The van der Waals surface area contributed by atoms with Gasteiger partial charge in [0.25, 0.3) is 0 Å². The van der Waals surface area contributed by atoms with Gasteiger partial charge in [-0.1, -0.05) is 26.0 Å². The van der Waals surface area contributed by atoms with Gasteiger partial charge in [-0.05, 0) is 85.7 Å². The van der Waals surface area contributed by atoms with E-state index in [-0.39, 0.29) is 28.6 Å². The van der Waals surface area contributed by atoms with E-state index >= 15 is 0 Å². The van der Waals surface area contributed by atoms with Gasteiger partial charge in [-0.25, -0.2) is 4.79 Å². The molecule has 0 radical (unpaired) electrons. The lowest BCUT2D eigenvalue weighted by molar-refractivity contribution is -0.140. The summed E-state index contributed by atoms with van der Waals surface area (Å²) in [5.41, 5.74) is 1.08. The number of para-hydroxylation sites is 1. The van der Waals surface area contributed by atoms with Crippen LogP contribution in [0.4, 0.5) is 5.69 Å². The topological polar surface area (TPSA) is 84.5 Å². The monoisotopic (exact) mass is 452 g/mol. The van der Waals surface area contributed by atoms with Crippen molar-refractivity contribution in [3.8, 4) is 0 Å². The number of carbonyl (C=O) groups excluding carboxylic acids is 3. The molecule has 7 atom stereocenters. The minimum Gasteiger partial charge on any atom is -0.465 e. The third kappa shape index (κ3) is 3.48. The first-order valence-electron chi connectivity index (χ1n) is 12.6. The van der Waals surface area contributed by atoms with Crippen LogP contribution in [0.25, 0.3) is 0 Å². The van der Waals surface area contributed by atoms with Gasteiger partial charge < -0.3 is 15.4 Å². The Hall–Kier alpha value is -2.37. The number of methoxy groups -OCH3 is 1. The van der Waals surface area contributed by atoms with Gasteiger partial charge in [-0.3, -0.25) is 9.59 Å². The van der Waals surface area contributed by atoms with Gasteiger partial charge in [0.15, 0.2) is 0 Å². The van der Waals surface area contributed by atoms with Crippen LogP contribution in [0.5, 0.6) is 0 Å². The first kappa shape index (κ1) is 22.4. The summed E-state index contributed by atoms with van der Waals surface area (Å²) in [5.74, 6) is 1.54. The summed E-state index contributed by atoms with van der Waals surface area (Å²) in [7, 11) is 1.36. The minimum atomic E-state index is -0.438. The molecule has 1 aliphatic heterocycles.